The summed E-state index contributed by atoms with van der Waals surface area (Å²) in [6.07, 6.45) is 1.11. The highest BCUT2D eigenvalue weighted by atomic mass is 32.2. The van der Waals surface area contributed by atoms with Crippen molar-refractivity contribution in [2.24, 2.45) is 0 Å². The molecule has 0 saturated carbocycles. The second kappa shape index (κ2) is 10.5. The third-order valence-electron chi connectivity index (χ3n) is 3.72. The van der Waals surface area contributed by atoms with Crippen LogP contribution >= 0.6 is 34.9 Å². The zero-order valence-electron chi connectivity index (χ0n) is 15.0. The van der Waals surface area contributed by atoms with Crippen LogP contribution in [0.4, 0.5) is 0 Å². The van der Waals surface area contributed by atoms with E-state index in [1.807, 2.05) is 60.7 Å². The Balaban J connectivity index is 1.62. The maximum Gasteiger partial charge on any atom is 0.231 e. The molecule has 1 N–H and O–H groups in total. The van der Waals surface area contributed by atoms with Gasteiger partial charge in [0.25, 0.3) is 0 Å². The van der Waals surface area contributed by atoms with Gasteiger partial charge in [-0.05, 0) is 17.5 Å². The minimum atomic E-state index is -0.161. The molecule has 3 aromatic rings. The predicted molar refractivity (Wildman–Crippen MR) is 115 cm³/mol. The third-order valence-corrected chi connectivity index (χ3v) is 7.11. The van der Waals surface area contributed by atoms with Gasteiger partial charge in [0.05, 0.1) is 11.8 Å². The molecule has 0 aliphatic rings. The van der Waals surface area contributed by atoms with Gasteiger partial charge in [0, 0.05) is 5.75 Å². The Hall–Kier alpha value is -1.83. The van der Waals surface area contributed by atoms with E-state index in [2.05, 4.69) is 22.4 Å². The lowest BCUT2D eigenvalue weighted by Crippen LogP contribution is -2.30. The first-order valence-corrected chi connectivity index (χ1v) is 11.5. The fourth-order valence-electron chi connectivity index (χ4n) is 2.48. The molecule has 3 rings (SSSR count). The Morgan fingerprint density at radius 1 is 0.963 bits per heavy atom. The Labute approximate surface area is 172 Å². The highest BCUT2D eigenvalue weighted by Gasteiger charge is 2.17. The summed E-state index contributed by atoms with van der Waals surface area (Å²) in [5.74, 6) is 1.34. The number of nitrogens with zero attached hydrogens (tertiary/aromatic N) is 2. The summed E-state index contributed by atoms with van der Waals surface area (Å²) in [5.41, 5.74) is 2.13. The van der Waals surface area contributed by atoms with Crippen LogP contribution in [0.5, 0.6) is 0 Å². The molecule has 140 valence electrons. The summed E-state index contributed by atoms with van der Waals surface area (Å²) in [6, 6.07) is 19.9. The van der Waals surface area contributed by atoms with Crippen molar-refractivity contribution in [1.82, 2.24) is 15.5 Å². The van der Waals surface area contributed by atoms with E-state index in [0.717, 1.165) is 32.0 Å². The molecule has 27 heavy (non-hydrogen) atoms. The molecule has 0 spiro atoms. The number of hydrogen-bond acceptors (Lipinski definition) is 6. The molecule has 0 saturated heterocycles. The van der Waals surface area contributed by atoms with Gasteiger partial charge in [-0.25, -0.2) is 0 Å². The van der Waals surface area contributed by atoms with Crippen LogP contribution < -0.4 is 5.32 Å². The van der Waals surface area contributed by atoms with E-state index in [9.17, 15) is 4.79 Å². The Morgan fingerprint density at radius 3 is 2.07 bits per heavy atom. The van der Waals surface area contributed by atoms with E-state index in [1.165, 1.54) is 11.8 Å². The smallest absolute Gasteiger partial charge is 0.231 e. The lowest BCUT2D eigenvalue weighted by atomic mass is 9.99. The second-order valence-corrected chi connectivity index (χ2v) is 9.33. The van der Waals surface area contributed by atoms with Gasteiger partial charge in [0.15, 0.2) is 8.68 Å². The van der Waals surface area contributed by atoms with Crippen LogP contribution in [0.1, 0.15) is 30.5 Å². The predicted octanol–water partition coefficient (Wildman–Crippen LogP) is 5.04. The molecule has 0 aliphatic carbocycles. The van der Waals surface area contributed by atoms with Crippen LogP contribution in [-0.2, 0) is 4.79 Å². The maximum absolute atomic E-state index is 12.6. The van der Waals surface area contributed by atoms with E-state index in [4.69, 9.17) is 0 Å². The fraction of sp³-hybridized carbons (Fsp3) is 0.250. The van der Waals surface area contributed by atoms with Crippen molar-refractivity contribution in [3.8, 4) is 0 Å². The normalized spacial score (nSPS) is 10.9. The highest BCUT2D eigenvalue weighted by Crippen LogP contribution is 2.29. The Morgan fingerprint density at radius 2 is 1.52 bits per heavy atom. The number of nitrogens with one attached hydrogen (secondary N) is 1. The van der Waals surface area contributed by atoms with Gasteiger partial charge in [-0.3, -0.25) is 4.79 Å². The van der Waals surface area contributed by atoms with Gasteiger partial charge >= 0.3 is 0 Å². The molecular formula is C20H21N3OS3. The average Bonchev–Trinajstić information content (AvgIpc) is 3.18. The number of rotatable bonds is 9. The van der Waals surface area contributed by atoms with E-state index in [0.29, 0.717) is 5.75 Å². The highest BCUT2D eigenvalue weighted by molar-refractivity contribution is 8.03. The van der Waals surface area contributed by atoms with E-state index >= 15 is 0 Å². The Kier molecular flexibility index (Phi) is 7.74. The first-order chi connectivity index (χ1) is 13.3. The van der Waals surface area contributed by atoms with Crippen LogP contribution in [0.3, 0.4) is 0 Å². The molecule has 0 unspecified atom stereocenters. The SMILES string of the molecule is CCCSc1nnc(SCC(=O)NC(c2ccccc2)c2ccccc2)s1. The van der Waals surface area contributed by atoms with Gasteiger partial charge in [-0.15, -0.1) is 10.2 Å². The second-order valence-electron chi connectivity index (χ2n) is 5.79. The topological polar surface area (TPSA) is 54.9 Å². The lowest BCUT2D eigenvalue weighted by molar-refractivity contribution is -0.119. The minimum Gasteiger partial charge on any atom is -0.344 e. The molecular weight excluding hydrogens is 394 g/mol. The van der Waals surface area contributed by atoms with Crippen LogP contribution in [0.15, 0.2) is 69.3 Å². The van der Waals surface area contributed by atoms with Crippen LogP contribution in [0.25, 0.3) is 0 Å². The van der Waals surface area contributed by atoms with Crippen molar-refractivity contribution in [2.75, 3.05) is 11.5 Å². The summed E-state index contributed by atoms with van der Waals surface area (Å²) in [6.45, 7) is 2.14. The molecule has 0 fully saturated rings. The van der Waals surface area contributed by atoms with Crippen molar-refractivity contribution >= 4 is 40.8 Å². The maximum atomic E-state index is 12.6. The average molecular weight is 416 g/mol. The summed E-state index contributed by atoms with van der Waals surface area (Å²) in [4.78, 5) is 12.6. The zero-order chi connectivity index (χ0) is 18.9. The lowest BCUT2D eigenvalue weighted by Gasteiger charge is -2.19. The number of amides is 1. The van der Waals surface area contributed by atoms with Crippen molar-refractivity contribution in [2.45, 2.75) is 28.1 Å². The largest absolute Gasteiger partial charge is 0.344 e. The molecule has 0 bridgehead atoms. The van der Waals surface area contributed by atoms with Crippen molar-refractivity contribution in [3.05, 3.63) is 71.8 Å². The molecule has 7 heteroatoms. The number of hydrogen-bond donors (Lipinski definition) is 1. The number of aromatic nitrogens is 2. The van der Waals surface area contributed by atoms with Gasteiger partial charge in [-0.2, -0.15) is 0 Å². The first kappa shape index (κ1) is 19.9. The molecule has 0 aliphatic heterocycles. The third kappa shape index (κ3) is 6.09. The van der Waals surface area contributed by atoms with Crippen molar-refractivity contribution in [3.63, 3.8) is 0 Å². The monoisotopic (exact) mass is 415 g/mol. The summed E-state index contributed by atoms with van der Waals surface area (Å²) < 4.78 is 1.80. The molecule has 1 aromatic heterocycles. The minimum absolute atomic E-state index is 0.0179. The molecule has 2 aromatic carbocycles. The number of carbonyl (C=O) groups is 1. The van der Waals surface area contributed by atoms with Gasteiger partial charge in [0.2, 0.25) is 5.91 Å². The van der Waals surface area contributed by atoms with E-state index < -0.39 is 0 Å². The molecule has 4 nitrogen and oxygen atoms in total. The standard InChI is InChI=1S/C20H21N3OS3/c1-2-13-25-19-22-23-20(27-19)26-14-17(24)21-18(15-9-5-3-6-10-15)16-11-7-4-8-12-16/h3-12,18H,2,13-14H2,1H3,(H,21,24). The summed E-state index contributed by atoms with van der Waals surface area (Å²) in [5, 5.41) is 11.5. The van der Waals surface area contributed by atoms with Gasteiger partial charge in [-0.1, -0.05) is 102 Å². The number of benzene rings is 2. The summed E-state index contributed by atoms with van der Waals surface area (Å²) >= 11 is 4.70. The van der Waals surface area contributed by atoms with E-state index in [-0.39, 0.29) is 11.9 Å². The number of carbonyl (C=O) groups excluding carboxylic acids is 1. The molecule has 0 radical (unpaired) electrons. The quantitative estimate of drug-likeness (QED) is 0.496. The first-order valence-electron chi connectivity index (χ1n) is 8.74. The van der Waals surface area contributed by atoms with Gasteiger partial charge < -0.3 is 5.32 Å². The summed E-state index contributed by atoms with van der Waals surface area (Å²) in [7, 11) is 0. The van der Waals surface area contributed by atoms with Gasteiger partial charge in [0.1, 0.15) is 0 Å². The van der Waals surface area contributed by atoms with Crippen molar-refractivity contribution < 1.29 is 4.79 Å². The van der Waals surface area contributed by atoms with Crippen LogP contribution in [0.2, 0.25) is 0 Å². The van der Waals surface area contributed by atoms with E-state index in [1.54, 1.807) is 23.1 Å². The molecule has 1 amide bonds. The zero-order valence-corrected chi connectivity index (χ0v) is 17.4. The van der Waals surface area contributed by atoms with Crippen LogP contribution in [0, 0.1) is 0 Å². The molecule has 1 heterocycles. The van der Waals surface area contributed by atoms with Crippen molar-refractivity contribution in [1.29, 1.82) is 0 Å². The fourth-order valence-corrected chi connectivity index (χ4v) is 5.24. The molecule has 0 atom stereocenters. The Bertz CT molecular complexity index is 800. The van der Waals surface area contributed by atoms with Crippen LogP contribution in [-0.4, -0.2) is 27.6 Å². The number of thioether (sulfide) groups is 2.